The van der Waals surface area contributed by atoms with Crippen molar-refractivity contribution in [2.45, 2.75) is 19.8 Å². The summed E-state index contributed by atoms with van der Waals surface area (Å²) in [4.78, 5) is 0. The summed E-state index contributed by atoms with van der Waals surface area (Å²) in [6, 6.07) is 0. The smallest absolute Gasteiger partial charge is 0.207 e. The van der Waals surface area contributed by atoms with E-state index in [1.54, 1.807) is 6.92 Å². The lowest BCUT2D eigenvalue weighted by atomic mass is 10.0. The largest absolute Gasteiger partial charge is 0.504 e. The van der Waals surface area contributed by atoms with Crippen LogP contribution < -0.4 is 9.47 Å². The second-order valence-electron chi connectivity index (χ2n) is 5.77. The molecular formula is C15H26O4S. The molecule has 4 nitrogen and oxygen atoms in total. The Morgan fingerprint density at radius 1 is 0.950 bits per heavy atom. The number of phenols is 2. The average Bonchev–Trinajstić information content (AvgIpc) is 2.36. The fourth-order valence-corrected chi connectivity index (χ4v) is 3.22. The molecule has 1 rings (SSSR count). The third-order valence-electron chi connectivity index (χ3n) is 3.32. The molecule has 0 saturated heterocycles. The van der Waals surface area contributed by atoms with Gasteiger partial charge in [-0.25, -0.2) is 10.0 Å². The molecule has 0 unspecified atom stereocenters. The summed E-state index contributed by atoms with van der Waals surface area (Å²) in [7, 11) is 2.34. The van der Waals surface area contributed by atoms with Gasteiger partial charge in [-0.3, -0.25) is 0 Å². The van der Waals surface area contributed by atoms with Crippen molar-refractivity contribution in [3.8, 4) is 23.0 Å². The Kier molecular flexibility index (Phi) is 5.45. The maximum atomic E-state index is 10.3. The van der Waals surface area contributed by atoms with Crippen molar-refractivity contribution < 1.29 is 19.7 Å². The van der Waals surface area contributed by atoms with Gasteiger partial charge < -0.3 is 19.7 Å². The van der Waals surface area contributed by atoms with E-state index >= 15 is 0 Å². The molecule has 0 spiro atoms. The van der Waals surface area contributed by atoms with Crippen LogP contribution in [0.15, 0.2) is 0 Å². The highest BCUT2D eigenvalue weighted by atomic mass is 32.3. The Labute approximate surface area is 123 Å². The number of hydrogen-bond donors (Lipinski definition) is 2. The molecule has 0 heterocycles. The van der Waals surface area contributed by atoms with Crippen LogP contribution in [0.25, 0.3) is 0 Å². The zero-order valence-corrected chi connectivity index (χ0v) is 14.1. The molecular weight excluding hydrogens is 276 g/mol. The van der Waals surface area contributed by atoms with Crippen molar-refractivity contribution >= 4 is 10.0 Å². The van der Waals surface area contributed by atoms with Gasteiger partial charge in [0.25, 0.3) is 0 Å². The van der Waals surface area contributed by atoms with E-state index in [9.17, 15) is 10.2 Å². The molecule has 0 fully saturated rings. The van der Waals surface area contributed by atoms with Gasteiger partial charge in [-0.15, -0.1) is 0 Å². The van der Waals surface area contributed by atoms with Crippen LogP contribution in [0.3, 0.4) is 0 Å². The third-order valence-corrected chi connectivity index (χ3v) is 4.84. The molecule has 0 amide bonds. The van der Waals surface area contributed by atoms with Gasteiger partial charge in [0.1, 0.15) is 0 Å². The second-order valence-corrected chi connectivity index (χ2v) is 10.4. The van der Waals surface area contributed by atoms with E-state index in [1.165, 1.54) is 14.2 Å². The fraction of sp³-hybridized carbons (Fsp3) is 0.600. The Morgan fingerprint density at radius 3 is 1.90 bits per heavy atom. The van der Waals surface area contributed by atoms with Gasteiger partial charge in [-0.2, -0.15) is 0 Å². The zero-order chi connectivity index (χ0) is 15.5. The van der Waals surface area contributed by atoms with Crippen LogP contribution in [0.1, 0.15) is 17.5 Å². The lowest BCUT2D eigenvalue weighted by Crippen LogP contribution is -2.03. The first-order valence-electron chi connectivity index (χ1n) is 6.54. The minimum atomic E-state index is -0.559. The van der Waals surface area contributed by atoms with Crippen LogP contribution in [-0.2, 0) is 6.42 Å². The minimum absolute atomic E-state index is 0.0419. The van der Waals surface area contributed by atoms with Gasteiger partial charge in [0, 0.05) is 11.1 Å². The quantitative estimate of drug-likeness (QED) is 0.793. The van der Waals surface area contributed by atoms with Gasteiger partial charge in [0.15, 0.2) is 11.5 Å². The highest BCUT2D eigenvalue weighted by molar-refractivity contribution is 8.32. The molecule has 1 aromatic rings. The number of ether oxygens (including phenoxy) is 2. The molecule has 0 bridgehead atoms. The van der Waals surface area contributed by atoms with Gasteiger partial charge in [0.2, 0.25) is 11.5 Å². The molecule has 0 radical (unpaired) electrons. The predicted octanol–water partition coefficient (Wildman–Crippen LogP) is 3.05. The van der Waals surface area contributed by atoms with Crippen LogP contribution in [0.5, 0.6) is 23.0 Å². The molecule has 20 heavy (non-hydrogen) atoms. The number of benzene rings is 1. The highest BCUT2D eigenvalue weighted by Gasteiger charge is 2.22. The van der Waals surface area contributed by atoms with Crippen LogP contribution in [0, 0.1) is 6.92 Å². The van der Waals surface area contributed by atoms with Crippen molar-refractivity contribution in [3.05, 3.63) is 11.1 Å². The average molecular weight is 302 g/mol. The van der Waals surface area contributed by atoms with Crippen molar-refractivity contribution in [1.82, 2.24) is 0 Å². The summed E-state index contributed by atoms with van der Waals surface area (Å²) in [6.07, 6.45) is 8.50. The molecule has 0 aliphatic carbocycles. The molecule has 0 atom stereocenters. The molecule has 0 aromatic heterocycles. The van der Waals surface area contributed by atoms with Crippen molar-refractivity contribution in [3.63, 3.8) is 0 Å². The number of methoxy groups -OCH3 is 2. The Bertz CT molecular complexity index is 478. The summed E-state index contributed by atoms with van der Waals surface area (Å²) in [5.41, 5.74) is 1.40. The van der Waals surface area contributed by atoms with E-state index in [0.717, 1.165) is 24.2 Å². The summed E-state index contributed by atoms with van der Waals surface area (Å²) in [6.45, 7) is 1.79. The summed E-state index contributed by atoms with van der Waals surface area (Å²) in [5, 5.41) is 20.5. The first-order valence-corrected chi connectivity index (χ1v) is 9.57. The van der Waals surface area contributed by atoms with Crippen LogP contribution in [0.2, 0.25) is 0 Å². The van der Waals surface area contributed by atoms with Crippen LogP contribution in [-0.4, -0.2) is 49.0 Å². The maximum absolute atomic E-state index is 10.3. The normalized spacial score (nSPS) is 12.3. The third kappa shape index (κ3) is 3.66. The minimum Gasteiger partial charge on any atom is -0.504 e. The summed E-state index contributed by atoms with van der Waals surface area (Å²) < 4.78 is 10.3. The number of rotatable bonds is 6. The SMILES string of the molecule is COc1c(O)c(C)c(CCCS(C)(C)C)c(O)c1OC. The first-order chi connectivity index (χ1) is 9.22. The van der Waals surface area contributed by atoms with Gasteiger partial charge >= 0.3 is 0 Å². The fourth-order valence-electron chi connectivity index (χ4n) is 2.21. The van der Waals surface area contributed by atoms with E-state index in [-0.39, 0.29) is 23.0 Å². The molecule has 0 saturated carbocycles. The van der Waals surface area contributed by atoms with E-state index < -0.39 is 10.0 Å². The molecule has 0 aliphatic rings. The van der Waals surface area contributed by atoms with E-state index in [4.69, 9.17) is 9.47 Å². The van der Waals surface area contributed by atoms with Crippen molar-refractivity contribution in [1.29, 1.82) is 0 Å². The summed E-state index contributed by atoms with van der Waals surface area (Å²) >= 11 is 0. The molecule has 0 aliphatic heterocycles. The number of hydrogen-bond acceptors (Lipinski definition) is 4. The zero-order valence-electron chi connectivity index (χ0n) is 13.2. The number of aromatic hydroxyl groups is 2. The predicted molar refractivity (Wildman–Crippen MR) is 86.2 cm³/mol. The molecule has 1 aromatic carbocycles. The standard InChI is InChI=1S/C15H26O4S/c1-10-11(8-7-9-20(4,5)6)13(17)15(19-3)14(18-2)12(10)16/h16-17H,7-9H2,1-6H3. The van der Waals surface area contributed by atoms with Crippen LogP contribution >= 0.6 is 10.0 Å². The number of phenolic OH excluding ortho intramolecular Hbond substituents is 2. The van der Waals surface area contributed by atoms with Crippen molar-refractivity contribution in [2.75, 3.05) is 38.7 Å². The summed E-state index contributed by atoms with van der Waals surface area (Å²) in [5.74, 6) is 1.63. The lowest BCUT2D eigenvalue weighted by Gasteiger charge is -2.25. The van der Waals surface area contributed by atoms with Crippen LogP contribution in [0.4, 0.5) is 0 Å². The van der Waals surface area contributed by atoms with Gasteiger partial charge in [0.05, 0.1) is 14.2 Å². The molecule has 5 heteroatoms. The second kappa shape index (κ2) is 6.48. The Balaban J connectivity index is 3.11. The highest BCUT2D eigenvalue weighted by Crippen LogP contribution is 2.48. The maximum Gasteiger partial charge on any atom is 0.207 e. The van der Waals surface area contributed by atoms with E-state index in [1.807, 2.05) is 0 Å². The molecule has 116 valence electrons. The molecule has 2 N–H and O–H groups in total. The van der Waals surface area contributed by atoms with E-state index in [0.29, 0.717) is 5.56 Å². The lowest BCUT2D eigenvalue weighted by molar-refractivity contribution is 0.313. The first kappa shape index (κ1) is 16.8. The van der Waals surface area contributed by atoms with Gasteiger partial charge in [-0.05, 0) is 44.3 Å². The van der Waals surface area contributed by atoms with Gasteiger partial charge in [-0.1, -0.05) is 0 Å². The van der Waals surface area contributed by atoms with Crippen molar-refractivity contribution in [2.24, 2.45) is 0 Å². The van der Waals surface area contributed by atoms with E-state index in [2.05, 4.69) is 18.8 Å². The Morgan fingerprint density at radius 2 is 1.45 bits per heavy atom. The monoisotopic (exact) mass is 302 g/mol. The topological polar surface area (TPSA) is 58.9 Å². The Hall–Kier alpha value is -1.23.